The number of imide groups is 1. The van der Waals surface area contributed by atoms with Gasteiger partial charge in [0, 0.05) is 18.4 Å². The Hall–Kier alpha value is -1.60. The van der Waals surface area contributed by atoms with Crippen LogP contribution in [0.4, 0.5) is 9.18 Å². The third kappa shape index (κ3) is 3.35. The van der Waals surface area contributed by atoms with Gasteiger partial charge < -0.3 is 5.11 Å². The van der Waals surface area contributed by atoms with E-state index in [1.165, 1.54) is 18.2 Å². The zero-order valence-corrected chi connectivity index (χ0v) is 14.3. The molecule has 7 heteroatoms. The molecule has 0 radical (unpaired) electrons. The fourth-order valence-electron chi connectivity index (χ4n) is 3.07. The summed E-state index contributed by atoms with van der Waals surface area (Å²) >= 11 is 3.15. The van der Waals surface area contributed by atoms with Gasteiger partial charge in [0.25, 0.3) is 0 Å². The van der Waals surface area contributed by atoms with Crippen LogP contribution in [0.15, 0.2) is 24.3 Å². The van der Waals surface area contributed by atoms with Crippen molar-refractivity contribution in [2.45, 2.75) is 37.1 Å². The molecule has 2 unspecified atom stereocenters. The van der Waals surface area contributed by atoms with Crippen molar-refractivity contribution in [1.82, 2.24) is 0 Å². The normalized spacial score (nSPS) is 25.1. The summed E-state index contributed by atoms with van der Waals surface area (Å²) in [5, 5.41) is 9.51. The highest BCUT2D eigenvalue weighted by Crippen LogP contribution is 2.30. The van der Waals surface area contributed by atoms with E-state index in [0.717, 1.165) is 6.07 Å². The minimum absolute atomic E-state index is 0.149. The van der Waals surface area contributed by atoms with Gasteiger partial charge in [-0.15, -0.1) is 0 Å². The molecule has 0 spiro atoms. The average Bonchev–Trinajstić information content (AvgIpc) is 2.89. The molecule has 1 fully saturated rings. The number of carbonyl (C=O) groups excluding carboxylic acids is 2. The second-order valence-corrected chi connectivity index (χ2v) is 6.91. The first kappa shape index (κ1) is 17.7. The Labute approximate surface area is 141 Å². The predicted molar refractivity (Wildman–Crippen MR) is 84.9 cm³/mol. The van der Waals surface area contributed by atoms with Gasteiger partial charge in [-0.25, -0.2) is 9.18 Å². The number of alkyl halides is 1. The minimum atomic E-state index is -1.18. The molecule has 2 amide bonds. The summed E-state index contributed by atoms with van der Waals surface area (Å²) in [7, 11) is 0. The Bertz CT molecular complexity index is 651. The number of rotatable bonds is 4. The number of hydrogen-bond donors (Lipinski definition) is 1. The molecular weight excluding hydrogens is 369 g/mol. The van der Waals surface area contributed by atoms with Crippen molar-refractivity contribution in [2.75, 3.05) is 6.54 Å². The van der Waals surface area contributed by atoms with Gasteiger partial charge >= 0.3 is 12.0 Å². The maximum absolute atomic E-state index is 13.2. The summed E-state index contributed by atoms with van der Waals surface area (Å²) in [4.78, 5) is 35.6. The van der Waals surface area contributed by atoms with Crippen LogP contribution in [0.2, 0.25) is 0 Å². The standard InChI is InChI=1S/C16H17BrFNO4/c1-10-4-3-7-19(10,16(22)23)14(20)9-13(17)15(21)11-5-2-6-12(18)8-11/h2,5-6,8,10,13H,3-4,7,9H2,1H3/p+1/t10-,13?,19?/m1/s1. The van der Waals surface area contributed by atoms with E-state index in [-0.39, 0.29) is 24.6 Å². The van der Waals surface area contributed by atoms with Gasteiger partial charge in [0.05, 0.1) is 17.8 Å². The van der Waals surface area contributed by atoms with Crippen molar-refractivity contribution in [3.8, 4) is 0 Å². The Morgan fingerprint density at radius 2 is 2.13 bits per heavy atom. The van der Waals surface area contributed by atoms with E-state index in [1.54, 1.807) is 6.92 Å². The SMILES string of the molecule is C[C@@H]1CCC[N+]1(C(=O)O)C(=O)CC(Br)C(=O)c1cccc(F)c1. The van der Waals surface area contributed by atoms with Gasteiger partial charge in [-0.1, -0.05) is 28.1 Å². The molecule has 0 aliphatic carbocycles. The molecule has 1 aliphatic heterocycles. The first-order valence-corrected chi connectivity index (χ1v) is 8.29. The third-order valence-corrected chi connectivity index (χ3v) is 5.16. The molecule has 1 aromatic carbocycles. The lowest BCUT2D eigenvalue weighted by Gasteiger charge is -2.30. The van der Waals surface area contributed by atoms with Crippen LogP contribution in [-0.4, -0.2) is 44.8 Å². The van der Waals surface area contributed by atoms with Gasteiger partial charge in [-0.05, 0) is 19.1 Å². The molecule has 124 valence electrons. The second kappa shape index (κ2) is 6.88. The number of likely N-dealkylation sites (tertiary alicyclic amines) is 1. The highest BCUT2D eigenvalue weighted by atomic mass is 79.9. The van der Waals surface area contributed by atoms with Crippen molar-refractivity contribution < 1.29 is 28.4 Å². The highest BCUT2D eigenvalue weighted by Gasteiger charge is 2.53. The largest absolute Gasteiger partial charge is 0.521 e. The van der Waals surface area contributed by atoms with Crippen LogP contribution in [0.1, 0.15) is 36.5 Å². The number of nitrogens with zero attached hydrogens (tertiary/aromatic N) is 1. The number of hydrogen-bond acceptors (Lipinski definition) is 3. The Morgan fingerprint density at radius 1 is 1.43 bits per heavy atom. The minimum Gasteiger partial charge on any atom is -0.435 e. The van der Waals surface area contributed by atoms with E-state index >= 15 is 0 Å². The molecule has 3 atom stereocenters. The van der Waals surface area contributed by atoms with E-state index < -0.39 is 32.9 Å². The van der Waals surface area contributed by atoms with E-state index in [2.05, 4.69) is 15.9 Å². The zero-order valence-electron chi connectivity index (χ0n) is 12.7. The quantitative estimate of drug-likeness (QED) is 0.489. The molecule has 5 nitrogen and oxygen atoms in total. The predicted octanol–water partition coefficient (Wildman–Crippen LogP) is 3.37. The van der Waals surface area contributed by atoms with Gasteiger partial charge in [0.15, 0.2) is 5.78 Å². The van der Waals surface area contributed by atoms with Crippen molar-refractivity contribution in [3.05, 3.63) is 35.6 Å². The van der Waals surface area contributed by atoms with E-state index in [4.69, 9.17) is 0 Å². The van der Waals surface area contributed by atoms with Crippen LogP contribution in [-0.2, 0) is 4.79 Å². The summed E-state index contributed by atoms with van der Waals surface area (Å²) in [6, 6.07) is 4.88. The maximum atomic E-state index is 13.2. The lowest BCUT2D eigenvalue weighted by atomic mass is 10.1. The number of quaternary nitrogens is 1. The summed E-state index contributed by atoms with van der Waals surface area (Å²) in [6.45, 7) is 1.97. The average molecular weight is 387 g/mol. The monoisotopic (exact) mass is 386 g/mol. The zero-order chi connectivity index (χ0) is 17.2. The summed E-state index contributed by atoms with van der Waals surface area (Å²) in [5.74, 6) is -1.48. The third-order valence-electron chi connectivity index (χ3n) is 4.42. The smallest absolute Gasteiger partial charge is 0.435 e. The molecule has 0 aromatic heterocycles. The fourth-order valence-corrected chi connectivity index (χ4v) is 3.61. The molecular formula is C16H18BrFNO4+. The van der Waals surface area contributed by atoms with E-state index in [1.807, 2.05) is 0 Å². The number of benzene rings is 1. The summed E-state index contributed by atoms with van der Waals surface area (Å²) < 4.78 is 12.6. The van der Waals surface area contributed by atoms with Gasteiger partial charge in [-0.3, -0.25) is 4.79 Å². The molecule has 1 aliphatic rings. The molecule has 23 heavy (non-hydrogen) atoms. The number of Topliss-reactive ketones (excluding diaryl/α,β-unsaturated/α-hetero) is 1. The van der Waals surface area contributed by atoms with Crippen molar-refractivity contribution in [3.63, 3.8) is 0 Å². The number of amides is 2. The number of carboxylic acid groups (broad SMARTS) is 1. The van der Waals surface area contributed by atoms with Gasteiger partial charge in [-0.2, -0.15) is 9.28 Å². The number of carbonyl (C=O) groups is 3. The first-order valence-electron chi connectivity index (χ1n) is 7.37. The highest BCUT2D eigenvalue weighted by molar-refractivity contribution is 9.10. The number of ketones is 1. The van der Waals surface area contributed by atoms with Crippen LogP contribution >= 0.6 is 15.9 Å². The van der Waals surface area contributed by atoms with Crippen LogP contribution in [0, 0.1) is 5.82 Å². The fraction of sp³-hybridized carbons (Fsp3) is 0.438. The second-order valence-electron chi connectivity index (χ2n) is 5.81. The lowest BCUT2D eigenvalue weighted by molar-refractivity contribution is -0.792. The summed E-state index contributed by atoms with van der Waals surface area (Å²) in [5.41, 5.74) is 0.149. The molecule has 1 aromatic rings. The maximum Gasteiger partial charge on any atom is 0.521 e. The molecule has 0 saturated carbocycles. The van der Waals surface area contributed by atoms with Crippen molar-refractivity contribution >= 4 is 33.7 Å². The molecule has 1 heterocycles. The summed E-state index contributed by atoms with van der Waals surface area (Å²) in [6.07, 6.45) is -0.114. The van der Waals surface area contributed by atoms with E-state index in [9.17, 15) is 23.9 Å². The number of halogens is 2. The van der Waals surface area contributed by atoms with Crippen molar-refractivity contribution in [2.24, 2.45) is 0 Å². The Balaban J connectivity index is 2.16. The van der Waals surface area contributed by atoms with Crippen LogP contribution in [0.3, 0.4) is 0 Å². The first-order chi connectivity index (χ1) is 10.8. The molecule has 0 bridgehead atoms. The molecule has 1 saturated heterocycles. The molecule has 2 rings (SSSR count). The Morgan fingerprint density at radius 3 is 2.65 bits per heavy atom. The van der Waals surface area contributed by atoms with Crippen LogP contribution < -0.4 is 0 Å². The van der Waals surface area contributed by atoms with E-state index in [0.29, 0.717) is 12.8 Å². The topological polar surface area (TPSA) is 71.4 Å². The molecule has 1 N–H and O–H groups in total. The van der Waals surface area contributed by atoms with Crippen LogP contribution in [0.5, 0.6) is 0 Å². The lowest BCUT2D eigenvalue weighted by Crippen LogP contribution is -2.59. The van der Waals surface area contributed by atoms with Crippen LogP contribution in [0.25, 0.3) is 0 Å². The van der Waals surface area contributed by atoms with Gasteiger partial charge in [0.1, 0.15) is 11.9 Å². The van der Waals surface area contributed by atoms with Gasteiger partial charge in [0.2, 0.25) is 0 Å². The Kier molecular flexibility index (Phi) is 5.31. The van der Waals surface area contributed by atoms with Crippen molar-refractivity contribution in [1.29, 1.82) is 0 Å².